The maximum Gasteiger partial charge on any atom is 0.224 e. The maximum atomic E-state index is 13.8. The van der Waals surface area contributed by atoms with Crippen LogP contribution in [0.4, 0.5) is 17.1 Å². The fraction of sp³-hybridized carbons (Fsp3) is 0.0952. The number of anilines is 3. The van der Waals surface area contributed by atoms with Crippen molar-refractivity contribution in [3.05, 3.63) is 72.8 Å². The average molecular weight is 410 g/mol. The summed E-state index contributed by atoms with van der Waals surface area (Å²) in [4.78, 5) is 14.0. The molecule has 0 aromatic heterocycles. The highest BCUT2D eigenvalue weighted by Gasteiger charge is 2.31. The van der Waals surface area contributed by atoms with E-state index in [1.807, 2.05) is 48.5 Å². The van der Waals surface area contributed by atoms with Crippen LogP contribution in [0.1, 0.15) is 13.3 Å². The second-order valence-corrected chi connectivity index (χ2v) is 9.26. The van der Waals surface area contributed by atoms with E-state index in [9.17, 15) is 9.00 Å². The molecule has 5 nitrogen and oxygen atoms in total. The van der Waals surface area contributed by atoms with E-state index in [-0.39, 0.29) is 5.91 Å². The number of carbonyl (C=O) groups is 1. The molecular formula is C21H19N3O2S2. The first-order valence-corrected chi connectivity index (χ1v) is 11.2. The molecule has 7 heteroatoms. The Hall–Kier alpha value is -2.77. The molecule has 1 unspecified atom stereocenters. The van der Waals surface area contributed by atoms with Gasteiger partial charge in [0.25, 0.3) is 0 Å². The molecule has 1 amide bonds. The van der Waals surface area contributed by atoms with Gasteiger partial charge in [-0.05, 0) is 42.5 Å². The van der Waals surface area contributed by atoms with Crippen LogP contribution in [0.25, 0.3) is 0 Å². The van der Waals surface area contributed by atoms with Crippen molar-refractivity contribution in [1.82, 2.24) is 0 Å². The van der Waals surface area contributed by atoms with Gasteiger partial charge >= 0.3 is 0 Å². The van der Waals surface area contributed by atoms with Crippen molar-refractivity contribution in [2.75, 3.05) is 9.62 Å². The summed E-state index contributed by atoms with van der Waals surface area (Å²) in [5, 5.41) is 2.77. The van der Waals surface area contributed by atoms with E-state index in [1.165, 1.54) is 0 Å². The van der Waals surface area contributed by atoms with Crippen molar-refractivity contribution in [3.63, 3.8) is 0 Å². The van der Waals surface area contributed by atoms with Gasteiger partial charge in [0, 0.05) is 21.9 Å². The lowest BCUT2D eigenvalue weighted by Crippen LogP contribution is -2.27. The van der Waals surface area contributed by atoms with E-state index in [2.05, 4.69) is 5.32 Å². The minimum absolute atomic E-state index is 0.126. The van der Waals surface area contributed by atoms with E-state index in [4.69, 9.17) is 4.78 Å². The summed E-state index contributed by atoms with van der Waals surface area (Å²) in [5.41, 5.74) is 2.03. The molecule has 0 radical (unpaired) electrons. The maximum absolute atomic E-state index is 13.8. The molecule has 0 saturated heterocycles. The highest BCUT2D eigenvalue weighted by Crippen LogP contribution is 2.50. The van der Waals surface area contributed by atoms with Crippen LogP contribution in [0, 0.1) is 4.78 Å². The molecule has 3 aromatic rings. The standard InChI is InChI=1S/C21H19N3O2S2/c1-2-21(25)23-15-8-7-9-16(14-15)28(22,26)24-17-10-3-5-12-19(17)27-20-13-6-4-11-18(20)24/h3-14,22H,2H2,1H3,(H,23,25). The van der Waals surface area contributed by atoms with Gasteiger partial charge in [-0.3, -0.25) is 4.79 Å². The Kier molecular flexibility index (Phi) is 4.87. The molecule has 0 fully saturated rings. The lowest BCUT2D eigenvalue weighted by Gasteiger charge is -2.33. The van der Waals surface area contributed by atoms with Gasteiger partial charge in [-0.25, -0.2) is 13.3 Å². The average Bonchev–Trinajstić information content (AvgIpc) is 2.71. The molecule has 28 heavy (non-hydrogen) atoms. The zero-order chi connectivity index (χ0) is 19.7. The molecule has 0 bridgehead atoms. The summed E-state index contributed by atoms with van der Waals surface area (Å²) < 4.78 is 24.3. The molecule has 0 aliphatic carbocycles. The van der Waals surface area contributed by atoms with Crippen LogP contribution in [-0.2, 0) is 14.7 Å². The van der Waals surface area contributed by atoms with Crippen LogP contribution in [0.2, 0.25) is 0 Å². The first-order valence-electron chi connectivity index (χ1n) is 8.85. The van der Waals surface area contributed by atoms with Crippen molar-refractivity contribution >= 4 is 44.6 Å². The SMILES string of the molecule is CCC(=O)Nc1cccc(S(=N)(=O)N2c3ccccc3Sc3ccccc32)c1. The highest BCUT2D eigenvalue weighted by molar-refractivity contribution is 8.00. The van der Waals surface area contributed by atoms with Crippen molar-refractivity contribution < 1.29 is 9.00 Å². The number of fused-ring (bicyclic) bond motifs is 2. The summed E-state index contributed by atoms with van der Waals surface area (Å²) in [6.45, 7) is 1.77. The van der Waals surface area contributed by atoms with Crippen LogP contribution in [0.5, 0.6) is 0 Å². The zero-order valence-corrected chi connectivity index (χ0v) is 16.8. The van der Waals surface area contributed by atoms with Gasteiger partial charge in [0.2, 0.25) is 5.91 Å². The number of rotatable bonds is 4. The fourth-order valence-corrected chi connectivity index (χ4v) is 5.85. The molecule has 1 heterocycles. The molecule has 4 rings (SSSR count). The first kappa shape index (κ1) is 18.6. The van der Waals surface area contributed by atoms with Crippen molar-refractivity contribution in [2.45, 2.75) is 28.0 Å². The second-order valence-electron chi connectivity index (χ2n) is 6.29. The molecule has 0 saturated carbocycles. The summed E-state index contributed by atoms with van der Waals surface area (Å²) in [6.07, 6.45) is 0.352. The van der Waals surface area contributed by atoms with Crippen molar-refractivity contribution in [2.24, 2.45) is 0 Å². The molecule has 1 aliphatic rings. The van der Waals surface area contributed by atoms with Gasteiger partial charge < -0.3 is 5.32 Å². The Labute approximate surface area is 168 Å². The monoisotopic (exact) mass is 409 g/mol. The summed E-state index contributed by atoms with van der Waals surface area (Å²) in [6, 6.07) is 22.1. The van der Waals surface area contributed by atoms with Crippen molar-refractivity contribution in [3.8, 4) is 0 Å². The minimum Gasteiger partial charge on any atom is -0.326 e. The summed E-state index contributed by atoms with van der Waals surface area (Å²) in [7, 11) is -3.39. The summed E-state index contributed by atoms with van der Waals surface area (Å²) in [5.74, 6) is -0.126. The first-order chi connectivity index (χ1) is 13.5. The van der Waals surface area contributed by atoms with Gasteiger partial charge in [-0.1, -0.05) is 49.0 Å². The van der Waals surface area contributed by atoms with E-state index in [1.54, 1.807) is 47.3 Å². The third kappa shape index (κ3) is 3.27. The highest BCUT2D eigenvalue weighted by atomic mass is 32.2. The molecule has 1 atom stereocenters. The fourth-order valence-electron chi connectivity index (χ4n) is 3.05. The minimum atomic E-state index is -3.39. The number of para-hydroxylation sites is 2. The molecule has 1 aliphatic heterocycles. The Balaban J connectivity index is 1.85. The number of nitrogens with one attached hydrogen (secondary N) is 2. The van der Waals surface area contributed by atoms with E-state index >= 15 is 0 Å². The van der Waals surface area contributed by atoms with E-state index in [0.29, 0.717) is 17.0 Å². The van der Waals surface area contributed by atoms with Crippen LogP contribution < -0.4 is 9.62 Å². The molecule has 142 valence electrons. The lowest BCUT2D eigenvalue weighted by molar-refractivity contribution is -0.115. The normalized spacial score (nSPS) is 14.5. The van der Waals surface area contributed by atoms with Crippen molar-refractivity contribution in [1.29, 1.82) is 4.78 Å². The number of nitrogens with zero attached hydrogens (tertiary/aromatic N) is 1. The molecule has 0 spiro atoms. The van der Waals surface area contributed by atoms with Crippen LogP contribution in [-0.4, -0.2) is 10.1 Å². The topological polar surface area (TPSA) is 73.3 Å². The van der Waals surface area contributed by atoms with Gasteiger partial charge in [0.05, 0.1) is 16.3 Å². The Morgan fingerprint density at radius 3 is 2.21 bits per heavy atom. The van der Waals surface area contributed by atoms with Gasteiger partial charge in [-0.15, -0.1) is 0 Å². The third-order valence-electron chi connectivity index (χ3n) is 4.40. The van der Waals surface area contributed by atoms with Gasteiger partial charge in [0.15, 0.2) is 9.92 Å². The third-order valence-corrected chi connectivity index (χ3v) is 7.33. The van der Waals surface area contributed by atoms with Crippen LogP contribution >= 0.6 is 11.8 Å². The molecule has 2 N–H and O–H groups in total. The van der Waals surface area contributed by atoms with E-state index < -0.39 is 9.92 Å². The predicted octanol–water partition coefficient (Wildman–Crippen LogP) is 5.66. The second kappa shape index (κ2) is 7.33. The zero-order valence-electron chi connectivity index (χ0n) is 15.2. The molecular weight excluding hydrogens is 390 g/mol. The number of carbonyl (C=O) groups excluding carboxylic acids is 1. The smallest absolute Gasteiger partial charge is 0.224 e. The number of benzene rings is 3. The number of hydrogen-bond donors (Lipinski definition) is 2. The Morgan fingerprint density at radius 1 is 1.00 bits per heavy atom. The number of hydrogen-bond acceptors (Lipinski definition) is 4. The van der Waals surface area contributed by atoms with Crippen LogP contribution in [0.3, 0.4) is 0 Å². The quantitative estimate of drug-likeness (QED) is 0.584. The summed E-state index contributed by atoms with van der Waals surface area (Å²) >= 11 is 1.60. The number of amides is 1. The largest absolute Gasteiger partial charge is 0.326 e. The van der Waals surface area contributed by atoms with Crippen LogP contribution in [0.15, 0.2) is 87.5 Å². The van der Waals surface area contributed by atoms with E-state index in [0.717, 1.165) is 21.2 Å². The van der Waals surface area contributed by atoms with Gasteiger partial charge in [-0.2, -0.15) is 0 Å². The predicted molar refractivity (Wildman–Crippen MR) is 114 cm³/mol. The molecule has 3 aromatic carbocycles. The Morgan fingerprint density at radius 2 is 1.61 bits per heavy atom. The van der Waals surface area contributed by atoms with Gasteiger partial charge in [0.1, 0.15) is 0 Å². The lowest BCUT2D eigenvalue weighted by atomic mass is 10.2. The Bertz CT molecular complexity index is 1110.